The standard InChI is InChI=1S/C19H28F2N2O3/c1-4-14-11-22-8-9-23(14)19(24)26-12-15-16(20)5-6-17(18(15)21)25-10-7-13(2)3/h5-6,13-14,22H,4,7-12H2,1-3H3. The monoisotopic (exact) mass is 370 g/mol. The minimum atomic E-state index is -0.811. The number of ether oxygens (including phenoxy) is 2. The second kappa shape index (κ2) is 9.71. The van der Waals surface area contributed by atoms with Gasteiger partial charge in [0.15, 0.2) is 11.6 Å². The number of nitrogens with one attached hydrogen (secondary N) is 1. The van der Waals surface area contributed by atoms with E-state index in [9.17, 15) is 13.6 Å². The highest BCUT2D eigenvalue weighted by Crippen LogP contribution is 2.25. The molecule has 1 heterocycles. The lowest BCUT2D eigenvalue weighted by Gasteiger charge is -2.34. The fourth-order valence-corrected chi connectivity index (χ4v) is 2.81. The molecule has 0 radical (unpaired) electrons. The van der Waals surface area contributed by atoms with Crippen LogP contribution in [0.25, 0.3) is 0 Å². The zero-order valence-electron chi connectivity index (χ0n) is 15.7. The van der Waals surface area contributed by atoms with E-state index in [-0.39, 0.29) is 17.4 Å². The molecule has 146 valence electrons. The number of amides is 1. The maximum atomic E-state index is 14.5. The van der Waals surface area contributed by atoms with Crippen LogP contribution >= 0.6 is 0 Å². The van der Waals surface area contributed by atoms with Gasteiger partial charge in [-0.2, -0.15) is 0 Å². The predicted octanol–water partition coefficient (Wildman–Crippen LogP) is 3.71. The summed E-state index contributed by atoms with van der Waals surface area (Å²) < 4.78 is 39.1. The van der Waals surface area contributed by atoms with Gasteiger partial charge in [-0.15, -0.1) is 0 Å². The Balaban J connectivity index is 2.00. The predicted molar refractivity (Wildman–Crippen MR) is 95.1 cm³/mol. The van der Waals surface area contributed by atoms with Gasteiger partial charge in [0.2, 0.25) is 0 Å². The maximum Gasteiger partial charge on any atom is 0.410 e. The van der Waals surface area contributed by atoms with Crippen molar-refractivity contribution in [1.29, 1.82) is 0 Å². The summed E-state index contributed by atoms with van der Waals surface area (Å²) in [5.41, 5.74) is -0.288. The number of benzene rings is 1. The molecule has 0 saturated carbocycles. The second-order valence-corrected chi connectivity index (χ2v) is 6.88. The minimum Gasteiger partial charge on any atom is -0.490 e. The van der Waals surface area contributed by atoms with E-state index in [1.807, 2.05) is 20.8 Å². The Labute approximate surface area is 153 Å². The van der Waals surface area contributed by atoms with Crippen LogP contribution < -0.4 is 10.1 Å². The molecule has 0 spiro atoms. The van der Waals surface area contributed by atoms with Gasteiger partial charge in [-0.3, -0.25) is 0 Å². The summed E-state index contributed by atoms with van der Waals surface area (Å²) in [5, 5.41) is 3.21. The number of rotatable bonds is 7. The molecule has 5 nitrogen and oxygen atoms in total. The van der Waals surface area contributed by atoms with Crippen LogP contribution in [0.1, 0.15) is 39.2 Å². The van der Waals surface area contributed by atoms with E-state index in [0.29, 0.717) is 32.2 Å². The molecule has 2 rings (SSSR count). The van der Waals surface area contributed by atoms with Crippen molar-refractivity contribution in [2.75, 3.05) is 26.2 Å². The van der Waals surface area contributed by atoms with Gasteiger partial charge >= 0.3 is 6.09 Å². The van der Waals surface area contributed by atoms with Gasteiger partial charge in [0.1, 0.15) is 12.4 Å². The van der Waals surface area contributed by atoms with Gasteiger partial charge in [-0.25, -0.2) is 13.6 Å². The third-order valence-electron chi connectivity index (χ3n) is 4.50. The van der Waals surface area contributed by atoms with Gasteiger partial charge in [0, 0.05) is 25.7 Å². The zero-order chi connectivity index (χ0) is 19.1. The molecule has 1 atom stereocenters. The Kier molecular flexibility index (Phi) is 7.63. The Morgan fingerprint density at radius 3 is 2.85 bits per heavy atom. The van der Waals surface area contributed by atoms with E-state index in [4.69, 9.17) is 9.47 Å². The van der Waals surface area contributed by atoms with Gasteiger partial charge in [-0.1, -0.05) is 20.8 Å². The molecule has 1 aliphatic rings. The summed E-state index contributed by atoms with van der Waals surface area (Å²) in [6, 6.07) is 2.42. The van der Waals surface area contributed by atoms with Crippen LogP contribution in [0.5, 0.6) is 5.75 Å². The van der Waals surface area contributed by atoms with Crippen LogP contribution in [0.4, 0.5) is 13.6 Å². The number of nitrogens with zero attached hydrogens (tertiary/aromatic N) is 1. The molecule has 0 bridgehead atoms. The summed E-state index contributed by atoms with van der Waals surface area (Å²) in [6.07, 6.45) is 0.996. The van der Waals surface area contributed by atoms with Crippen LogP contribution in [-0.4, -0.2) is 43.3 Å². The Hall–Kier alpha value is -1.89. The highest BCUT2D eigenvalue weighted by Gasteiger charge is 2.27. The SMILES string of the molecule is CCC1CNCCN1C(=O)OCc1c(F)ccc(OCCC(C)C)c1F. The van der Waals surface area contributed by atoms with Crippen molar-refractivity contribution in [3.8, 4) is 5.75 Å². The van der Waals surface area contributed by atoms with E-state index in [0.717, 1.165) is 18.9 Å². The summed E-state index contributed by atoms with van der Waals surface area (Å²) in [4.78, 5) is 13.9. The van der Waals surface area contributed by atoms with E-state index in [2.05, 4.69) is 5.32 Å². The molecule has 0 aliphatic carbocycles. The normalized spacial score (nSPS) is 17.5. The lowest BCUT2D eigenvalue weighted by molar-refractivity contribution is 0.0697. The molecule has 1 saturated heterocycles. The second-order valence-electron chi connectivity index (χ2n) is 6.88. The largest absolute Gasteiger partial charge is 0.490 e. The summed E-state index contributed by atoms with van der Waals surface area (Å²) in [5.74, 6) is -1.16. The number of carbonyl (C=O) groups excluding carboxylic acids is 1. The third kappa shape index (κ3) is 5.30. The Morgan fingerprint density at radius 2 is 2.15 bits per heavy atom. The van der Waals surface area contributed by atoms with E-state index < -0.39 is 24.3 Å². The van der Waals surface area contributed by atoms with Crippen molar-refractivity contribution in [2.45, 2.75) is 46.3 Å². The van der Waals surface area contributed by atoms with Crippen molar-refractivity contribution in [1.82, 2.24) is 10.2 Å². The minimum absolute atomic E-state index is 0.0216. The van der Waals surface area contributed by atoms with Crippen molar-refractivity contribution in [2.24, 2.45) is 5.92 Å². The molecule has 1 aromatic rings. The Bertz CT molecular complexity index is 611. The average molecular weight is 370 g/mol. The van der Waals surface area contributed by atoms with Crippen molar-refractivity contribution in [3.05, 3.63) is 29.3 Å². The highest BCUT2D eigenvalue weighted by molar-refractivity contribution is 5.68. The molecular weight excluding hydrogens is 342 g/mol. The van der Waals surface area contributed by atoms with Gasteiger partial charge in [0.05, 0.1) is 12.2 Å². The highest BCUT2D eigenvalue weighted by atomic mass is 19.1. The summed E-state index contributed by atoms with van der Waals surface area (Å²) in [7, 11) is 0. The molecule has 1 fully saturated rings. The first-order chi connectivity index (χ1) is 12.4. The van der Waals surface area contributed by atoms with Crippen LogP contribution in [-0.2, 0) is 11.3 Å². The fraction of sp³-hybridized carbons (Fsp3) is 0.632. The smallest absolute Gasteiger partial charge is 0.410 e. The lowest BCUT2D eigenvalue weighted by atomic mass is 10.1. The summed E-state index contributed by atoms with van der Waals surface area (Å²) >= 11 is 0. The zero-order valence-corrected chi connectivity index (χ0v) is 15.7. The number of piperazine rings is 1. The van der Waals surface area contributed by atoms with Crippen LogP contribution in [0.2, 0.25) is 0 Å². The first kappa shape index (κ1) is 20.4. The number of carbonyl (C=O) groups is 1. The molecule has 1 unspecified atom stereocenters. The van der Waals surface area contributed by atoms with Gasteiger partial charge in [0.25, 0.3) is 0 Å². The molecular formula is C19H28F2N2O3. The fourth-order valence-electron chi connectivity index (χ4n) is 2.81. The van der Waals surface area contributed by atoms with Crippen molar-refractivity contribution in [3.63, 3.8) is 0 Å². The van der Waals surface area contributed by atoms with E-state index in [1.165, 1.54) is 6.07 Å². The first-order valence-corrected chi connectivity index (χ1v) is 9.17. The molecule has 1 aromatic carbocycles. The third-order valence-corrected chi connectivity index (χ3v) is 4.50. The quantitative estimate of drug-likeness (QED) is 0.795. The number of hydrogen-bond acceptors (Lipinski definition) is 4. The molecule has 1 N–H and O–H groups in total. The molecule has 1 aliphatic heterocycles. The van der Waals surface area contributed by atoms with Crippen LogP contribution in [0, 0.1) is 17.6 Å². The van der Waals surface area contributed by atoms with Gasteiger partial charge in [-0.05, 0) is 30.9 Å². The molecule has 7 heteroatoms. The van der Waals surface area contributed by atoms with Crippen molar-refractivity contribution < 1.29 is 23.0 Å². The molecule has 1 amide bonds. The average Bonchev–Trinajstić information content (AvgIpc) is 2.63. The van der Waals surface area contributed by atoms with Crippen molar-refractivity contribution >= 4 is 6.09 Å². The van der Waals surface area contributed by atoms with E-state index in [1.54, 1.807) is 4.90 Å². The number of hydrogen-bond donors (Lipinski definition) is 1. The molecule has 0 aromatic heterocycles. The summed E-state index contributed by atoms with van der Waals surface area (Å²) in [6.45, 7) is 7.82. The topological polar surface area (TPSA) is 50.8 Å². The maximum absolute atomic E-state index is 14.5. The Morgan fingerprint density at radius 1 is 1.38 bits per heavy atom. The lowest BCUT2D eigenvalue weighted by Crippen LogP contribution is -2.53. The first-order valence-electron chi connectivity index (χ1n) is 9.17. The van der Waals surface area contributed by atoms with Crippen LogP contribution in [0.3, 0.4) is 0 Å². The van der Waals surface area contributed by atoms with Crippen LogP contribution in [0.15, 0.2) is 12.1 Å². The number of halogens is 2. The molecule has 26 heavy (non-hydrogen) atoms. The van der Waals surface area contributed by atoms with Gasteiger partial charge < -0.3 is 19.7 Å². The van der Waals surface area contributed by atoms with E-state index >= 15 is 0 Å².